The van der Waals surface area contributed by atoms with E-state index in [1.807, 2.05) is 4.90 Å². The summed E-state index contributed by atoms with van der Waals surface area (Å²) in [6.07, 6.45) is 4.84. The van der Waals surface area contributed by atoms with Gasteiger partial charge < -0.3 is 9.80 Å². The van der Waals surface area contributed by atoms with E-state index in [4.69, 9.17) is 11.6 Å². The zero-order chi connectivity index (χ0) is 13.1. The monoisotopic (exact) mass is 268 g/mol. The molecular weight excluding hydrogens is 252 g/mol. The molecule has 0 aromatic carbocycles. The maximum atomic E-state index is 12.2. The van der Waals surface area contributed by atoms with Crippen molar-refractivity contribution >= 4 is 17.5 Å². The molecule has 0 N–H and O–H groups in total. The highest BCUT2D eigenvalue weighted by atomic mass is 35.5. The number of likely N-dealkylation sites (tertiary alicyclic amines) is 1. The number of amides is 1. The molecule has 0 radical (unpaired) electrons. The Morgan fingerprint density at radius 1 is 1.33 bits per heavy atom. The molecule has 0 saturated carbocycles. The number of hydrogen-bond donors (Lipinski definition) is 0. The predicted octanol–water partition coefficient (Wildman–Crippen LogP) is 1.30. The van der Waals surface area contributed by atoms with Gasteiger partial charge in [-0.2, -0.15) is 0 Å². The number of piperidine rings is 1. The van der Waals surface area contributed by atoms with E-state index in [9.17, 15) is 4.79 Å². The van der Waals surface area contributed by atoms with Gasteiger partial charge in [-0.25, -0.2) is 9.97 Å². The molecular formula is C12H17ClN4O. The Kier molecular flexibility index (Phi) is 4.14. The summed E-state index contributed by atoms with van der Waals surface area (Å²) in [5.41, 5.74) is 0.364. The first kappa shape index (κ1) is 13.2. The van der Waals surface area contributed by atoms with Gasteiger partial charge in [0.1, 0.15) is 10.8 Å². The first-order chi connectivity index (χ1) is 8.58. The van der Waals surface area contributed by atoms with Crippen LogP contribution in [-0.4, -0.2) is 58.9 Å². The van der Waals surface area contributed by atoms with Crippen LogP contribution in [0.25, 0.3) is 0 Å². The lowest BCUT2D eigenvalue weighted by atomic mass is 10.0. The molecule has 98 valence electrons. The molecule has 1 fully saturated rings. The van der Waals surface area contributed by atoms with Crippen LogP contribution in [-0.2, 0) is 0 Å². The van der Waals surface area contributed by atoms with Crippen LogP contribution in [0.1, 0.15) is 23.3 Å². The summed E-state index contributed by atoms with van der Waals surface area (Å²) in [7, 11) is 4.15. The number of carbonyl (C=O) groups is 1. The molecule has 0 spiro atoms. The van der Waals surface area contributed by atoms with Crippen LogP contribution in [0.15, 0.2) is 12.4 Å². The molecule has 1 saturated heterocycles. The number of halogens is 1. The molecule has 1 aromatic heterocycles. The molecule has 0 atom stereocenters. The van der Waals surface area contributed by atoms with E-state index < -0.39 is 0 Å². The zero-order valence-corrected chi connectivity index (χ0v) is 11.4. The molecule has 2 rings (SSSR count). The topological polar surface area (TPSA) is 49.3 Å². The van der Waals surface area contributed by atoms with Crippen molar-refractivity contribution in [2.24, 2.45) is 0 Å². The second-order valence-corrected chi connectivity index (χ2v) is 5.10. The van der Waals surface area contributed by atoms with Gasteiger partial charge in [-0.05, 0) is 26.9 Å². The summed E-state index contributed by atoms with van der Waals surface area (Å²) in [6.45, 7) is 1.54. The summed E-state index contributed by atoms with van der Waals surface area (Å²) in [6, 6.07) is 0.561. The van der Waals surface area contributed by atoms with Crippen LogP contribution < -0.4 is 0 Å². The minimum Gasteiger partial charge on any atom is -0.337 e. The highest BCUT2D eigenvalue weighted by Crippen LogP contribution is 2.16. The van der Waals surface area contributed by atoms with E-state index in [2.05, 4.69) is 29.0 Å². The fraction of sp³-hybridized carbons (Fsp3) is 0.583. The van der Waals surface area contributed by atoms with Gasteiger partial charge in [-0.3, -0.25) is 4.79 Å². The number of aromatic nitrogens is 2. The van der Waals surface area contributed by atoms with Crippen LogP contribution in [0.3, 0.4) is 0 Å². The summed E-state index contributed by atoms with van der Waals surface area (Å²) >= 11 is 5.65. The Labute approximate surface area is 112 Å². The third-order valence-corrected chi connectivity index (χ3v) is 3.52. The van der Waals surface area contributed by atoms with Gasteiger partial charge in [0.15, 0.2) is 0 Å². The summed E-state index contributed by atoms with van der Waals surface area (Å²) in [5.74, 6) is -0.0589. The first-order valence-corrected chi connectivity index (χ1v) is 6.39. The van der Waals surface area contributed by atoms with Crippen LogP contribution in [0.4, 0.5) is 0 Å². The minimum atomic E-state index is -0.0589. The summed E-state index contributed by atoms with van der Waals surface area (Å²) < 4.78 is 0. The number of carbonyl (C=O) groups excluding carboxylic acids is 1. The number of nitrogens with zero attached hydrogens (tertiary/aromatic N) is 4. The quantitative estimate of drug-likeness (QED) is 0.811. The Balaban J connectivity index is 1.97. The maximum absolute atomic E-state index is 12.2. The first-order valence-electron chi connectivity index (χ1n) is 6.01. The number of hydrogen-bond acceptors (Lipinski definition) is 4. The lowest BCUT2D eigenvalue weighted by Gasteiger charge is -2.34. The van der Waals surface area contributed by atoms with Crippen molar-refractivity contribution in [2.45, 2.75) is 18.9 Å². The molecule has 0 aliphatic carbocycles. The van der Waals surface area contributed by atoms with Crippen molar-refractivity contribution in [3.63, 3.8) is 0 Å². The lowest BCUT2D eigenvalue weighted by Crippen LogP contribution is -2.44. The fourth-order valence-corrected chi connectivity index (χ4v) is 2.27. The van der Waals surface area contributed by atoms with Gasteiger partial charge in [-0.1, -0.05) is 11.6 Å². The Bertz CT molecular complexity index is 413. The standard InChI is InChI=1S/C12H17ClN4O/c1-16(2)9-3-5-17(6-4-9)12(18)10-7-15-11(13)8-14-10/h7-9H,3-6H2,1-2H3. The van der Waals surface area contributed by atoms with E-state index in [0.29, 0.717) is 16.9 Å². The molecule has 0 bridgehead atoms. The van der Waals surface area contributed by atoms with Gasteiger partial charge in [0.05, 0.1) is 12.4 Å². The molecule has 1 aliphatic rings. The molecule has 0 unspecified atom stereocenters. The maximum Gasteiger partial charge on any atom is 0.274 e. The van der Waals surface area contributed by atoms with Crippen LogP contribution >= 0.6 is 11.6 Å². The third-order valence-electron chi connectivity index (χ3n) is 3.32. The fourth-order valence-electron chi connectivity index (χ4n) is 2.17. The van der Waals surface area contributed by atoms with E-state index in [-0.39, 0.29) is 5.91 Å². The zero-order valence-electron chi connectivity index (χ0n) is 10.6. The highest BCUT2D eigenvalue weighted by Gasteiger charge is 2.25. The smallest absolute Gasteiger partial charge is 0.274 e. The molecule has 18 heavy (non-hydrogen) atoms. The summed E-state index contributed by atoms with van der Waals surface area (Å²) in [5, 5.41) is 0.304. The number of rotatable bonds is 2. The van der Waals surface area contributed by atoms with Crippen molar-refractivity contribution in [3.8, 4) is 0 Å². The minimum absolute atomic E-state index is 0.0589. The molecule has 5 nitrogen and oxygen atoms in total. The second-order valence-electron chi connectivity index (χ2n) is 4.71. The van der Waals surface area contributed by atoms with E-state index >= 15 is 0 Å². The Morgan fingerprint density at radius 2 is 2.00 bits per heavy atom. The van der Waals surface area contributed by atoms with Crippen LogP contribution in [0.5, 0.6) is 0 Å². The largest absolute Gasteiger partial charge is 0.337 e. The predicted molar refractivity (Wildman–Crippen MR) is 69.7 cm³/mol. The molecule has 1 aliphatic heterocycles. The molecule has 2 heterocycles. The van der Waals surface area contributed by atoms with Gasteiger partial charge in [0.2, 0.25) is 0 Å². The van der Waals surface area contributed by atoms with E-state index in [1.54, 1.807) is 0 Å². The average molecular weight is 269 g/mol. The van der Waals surface area contributed by atoms with E-state index in [1.165, 1.54) is 12.4 Å². The van der Waals surface area contributed by atoms with Crippen molar-refractivity contribution in [1.29, 1.82) is 0 Å². The average Bonchev–Trinajstić information content (AvgIpc) is 2.39. The van der Waals surface area contributed by atoms with Crippen molar-refractivity contribution in [3.05, 3.63) is 23.2 Å². The van der Waals surface area contributed by atoms with Crippen molar-refractivity contribution in [2.75, 3.05) is 27.2 Å². The molecule has 6 heteroatoms. The Morgan fingerprint density at radius 3 is 2.50 bits per heavy atom. The highest BCUT2D eigenvalue weighted by molar-refractivity contribution is 6.29. The van der Waals surface area contributed by atoms with Crippen molar-refractivity contribution in [1.82, 2.24) is 19.8 Å². The SMILES string of the molecule is CN(C)C1CCN(C(=O)c2cnc(Cl)cn2)CC1. The lowest BCUT2D eigenvalue weighted by molar-refractivity contribution is 0.0657. The van der Waals surface area contributed by atoms with Gasteiger partial charge >= 0.3 is 0 Å². The van der Waals surface area contributed by atoms with Gasteiger partial charge in [0, 0.05) is 19.1 Å². The second kappa shape index (κ2) is 5.63. The normalized spacial score (nSPS) is 17.2. The van der Waals surface area contributed by atoms with Gasteiger partial charge in [0.25, 0.3) is 5.91 Å². The summed E-state index contributed by atoms with van der Waals surface area (Å²) in [4.78, 5) is 24.1. The Hall–Kier alpha value is -1.20. The molecule has 1 amide bonds. The van der Waals surface area contributed by atoms with Crippen LogP contribution in [0, 0.1) is 0 Å². The third kappa shape index (κ3) is 2.97. The van der Waals surface area contributed by atoms with Crippen LogP contribution in [0.2, 0.25) is 5.15 Å². The molecule has 1 aromatic rings. The van der Waals surface area contributed by atoms with Crippen molar-refractivity contribution < 1.29 is 4.79 Å². The van der Waals surface area contributed by atoms with Gasteiger partial charge in [-0.15, -0.1) is 0 Å². The van der Waals surface area contributed by atoms with E-state index in [0.717, 1.165) is 25.9 Å².